The topological polar surface area (TPSA) is 93.7 Å². The summed E-state index contributed by atoms with van der Waals surface area (Å²) >= 11 is 3.26. The van der Waals surface area contributed by atoms with Gasteiger partial charge in [-0.2, -0.15) is 0 Å². The van der Waals surface area contributed by atoms with E-state index in [2.05, 4.69) is 26.0 Å². The van der Waals surface area contributed by atoms with E-state index in [9.17, 15) is 13.2 Å². The van der Waals surface area contributed by atoms with Crippen LogP contribution in [0.5, 0.6) is 11.5 Å². The highest BCUT2D eigenvalue weighted by atomic mass is 79.9. The van der Waals surface area contributed by atoms with Crippen molar-refractivity contribution in [3.63, 3.8) is 0 Å². The van der Waals surface area contributed by atoms with E-state index < -0.39 is 10.0 Å². The van der Waals surface area contributed by atoms with Crippen LogP contribution in [0.4, 0.5) is 0 Å². The summed E-state index contributed by atoms with van der Waals surface area (Å²) in [5.74, 6) is 1.16. The van der Waals surface area contributed by atoms with Crippen molar-refractivity contribution >= 4 is 31.9 Å². The minimum absolute atomic E-state index is 0.0239. The van der Waals surface area contributed by atoms with Crippen LogP contribution in [-0.4, -0.2) is 41.6 Å². The van der Waals surface area contributed by atoms with Gasteiger partial charge in [0, 0.05) is 30.0 Å². The predicted molar refractivity (Wildman–Crippen MR) is 110 cm³/mol. The van der Waals surface area contributed by atoms with E-state index in [1.807, 2.05) is 12.1 Å². The van der Waals surface area contributed by atoms with Gasteiger partial charge in [0.05, 0.1) is 19.1 Å². The summed E-state index contributed by atoms with van der Waals surface area (Å²) < 4.78 is 38.0. The Hall–Kier alpha value is -2.10. The molecule has 0 aliphatic heterocycles. The second-order valence-corrected chi connectivity index (χ2v) is 8.56. The Labute approximate surface area is 173 Å². The van der Waals surface area contributed by atoms with Crippen LogP contribution in [0.25, 0.3) is 0 Å². The summed E-state index contributed by atoms with van der Waals surface area (Å²) in [6.45, 7) is 0.442. The maximum absolute atomic E-state index is 12.2. The van der Waals surface area contributed by atoms with Gasteiger partial charge in [-0.05, 0) is 42.3 Å². The van der Waals surface area contributed by atoms with Crippen LogP contribution in [0.2, 0.25) is 0 Å². The second-order valence-electron chi connectivity index (χ2n) is 5.88. The van der Waals surface area contributed by atoms with E-state index in [0.29, 0.717) is 24.5 Å². The molecule has 7 nitrogen and oxygen atoms in total. The van der Waals surface area contributed by atoms with E-state index in [0.717, 1.165) is 10.0 Å². The number of amides is 1. The van der Waals surface area contributed by atoms with Crippen LogP contribution >= 0.6 is 15.9 Å². The molecule has 0 fully saturated rings. The van der Waals surface area contributed by atoms with Gasteiger partial charge in [0.15, 0.2) is 0 Å². The van der Waals surface area contributed by atoms with Crippen LogP contribution in [0.1, 0.15) is 12.0 Å². The number of halogens is 1. The molecule has 2 N–H and O–H groups in total. The number of methoxy groups -OCH3 is 2. The van der Waals surface area contributed by atoms with Gasteiger partial charge in [-0.25, -0.2) is 13.1 Å². The number of hydrogen-bond donors (Lipinski definition) is 2. The third-order valence-corrected chi connectivity index (χ3v) is 5.98. The Balaban J connectivity index is 1.76. The van der Waals surface area contributed by atoms with Gasteiger partial charge < -0.3 is 14.8 Å². The molecule has 9 heteroatoms. The van der Waals surface area contributed by atoms with Crippen LogP contribution in [-0.2, 0) is 21.2 Å². The molecule has 2 rings (SSSR count). The van der Waals surface area contributed by atoms with Crippen molar-refractivity contribution in [2.75, 3.05) is 27.3 Å². The fraction of sp³-hybridized carbons (Fsp3) is 0.316. The molecule has 0 radical (unpaired) electrons. The zero-order valence-electron chi connectivity index (χ0n) is 15.7. The molecule has 0 bridgehead atoms. The zero-order chi connectivity index (χ0) is 20.6. The van der Waals surface area contributed by atoms with E-state index in [4.69, 9.17) is 9.47 Å². The molecular formula is C19H23BrN2O5S. The van der Waals surface area contributed by atoms with Crippen LogP contribution in [0.3, 0.4) is 0 Å². The number of hydrogen-bond acceptors (Lipinski definition) is 5. The molecule has 152 valence electrons. The number of carbonyl (C=O) groups is 1. The van der Waals surface area contributed by atoms with Gasteiger partial charge in [-0.3, -0.25) is 4.79 Å². The van der Waals surface area contributed by atoms with Crippen molar-refractivity contribution in [2.45, 2.75) is 17.7 Å². The van der Waals surface area contributed by atoms with Gasteiger partial charge in [-0.15, -0.1) is 0 Å². The number of ether oxygens (including phenoxy) is 2. The van der Waals surface area contributed by atoms with Crippen molar-refractivity contribution in [3.05, 3.63) is 52.5 Å². The lowest BCUT2D eigenvalue weighted by molar-refractivity contribution is -0.120. The normalized spacial score (nSPS) is 11.1. The number of rotatable bonds is 10. The van der Waals surface area contributed by atoms with Crippen LogP contribution in [0.15, 0.2) is 51.8 Å². The van der Waals surface area contributed by atoms with Gasteiger partial charge in [0.25, 0.3) is 0 Å². The lowest BCUT2D eigenvalue weighted by Crippen LogP contribution is -2.31. The molecule has 0 aliphatic carbocycles. The standard InChI is InChI=1S/C19H23BrN2O5S/c1-26-16-6-3-14(18(13-16)27-2)9-11-21-19(23)10-12-22-28(24,25)17-7-4-15(20)5-8-17/h3-8,13,22H,9-12H2,1-2H3,(H,21,23). The van der Waals surface area contributed by atoms with E-state index in [1.165, 1.54) is 12.1 Å². The minimum atomic E-state index is -3.63. The molecule has 0 aliphatic rings. The number of nitrogens with one attached hydrogen (secondary N) is 2. The van der Waals surface area contributed by atoms with Crippen molar-refractivity contribution in [1.82, 2.24) is 10.0 Å². The molecule has 2 aromatic carbocycles. The molecule has 0 atom stereocenters. The lowest BCUT2D eigenvalue weighted by Gasteiger charge is -2.11. The largest absolute Gasteiger partial charge is 0.497 e. The summed E-state index contributed by atoms with van der Waals surface area (Å²) in [6.07, 6.45) is 0.638. The van der Waals surface area contributed by atoms with E-state index in [1.54, 1.807) is 32.4 Å². The highest BCUT2D eigenvalue weighted by Gasteiger charge is 2.14. The fourth-order valence-electron chi connectivity index (χ4n) is 2.48. The summed E-state index contributed by atoms with van der Waals surface area (Å²) in [5, 5.41) is 2.78. The van der Waals surface area contributed by atoms with Crippen molar-refractivity contribution < 1.29 is 22.7 Å². The molecule has 0 spiro atoms. The quantitative estimate of drug-likeness (QED) is 0.556. The monoisotopic (exact) mass is 470 g/mol. The molecule has 0 aromatic heterocycles. The van der Waals surface area contributed by atoms with Crippen molar-refractivity contribution in [1.29, 1.82) is 0 Å². The maximum Gasteiger partial charge on any atom is 0.240 e. The number of sulfonamides is 1. The summed E-state index contributed by atoms with van der Waals surface area (Å²) in [6, 6.07) is 11.8. The molecule has 28 heavy (non-hydrogen) atoms. The molecular weight excluding hydrogens is 448 g/mol. The SMILES string of the molecule is COc1ccc(CCNC(=O)CCNS(=O)(=O)c2ccc(Br)cc2)c(OC)c1. The van der Waals surface area contributed by atoms with Gasteiger partial charge in [-0.1, -0.05) is 22.0 Å². The van der Waals surface area contributed by atoms with Gasteiger partial charge in [0.2, 0.25) is 15.9 Å². The first-order chi connectivity index (χ1) is 13.4. The van der Waals surface area contributed by atoms with Crippen molar-refractivity contribution in [2.24, 2.45) is 0 Å². The summed E-state index contributed by atoms with van der Waals surface area (Å²) in [5.41, 5.74) is 0.944. The van der Waals surface area contributed by atoms with Gasteiger partial charge >= 0.3 is 0 Å². The zero-order valence-corrected chi connectivity index (χ0v) is 18.1. The molecule has 0 heterocycles. The lowest BCUT2D eigenvalue weighted by atomic mass is 10.1. The first kappa shape index (κ1) is 22.2. The summed E-state index contributed by atoms with van der Waals surface area (Å²) in [4.78, 5) is 12.1. The van der Waals surface area contributed by atoms with Crippen molar-refractivity contribution in [3.8, 4) is 11.5 Å². The Morgan fingerprint density at radius 1 is 1.04 bits per heavy atom. The summed E-state index contributed by atoms with van der Waals surface area (Å²) in [7, 11) is -0.470. The second kappa shape index (κ2) is 10.4. The Morgan fingerprint density at radius 2 is 1.75 bits per heavy atom. The predicted octanol–water partition coefficient (Wildman–Crippen LogP) is 2.49. The Kier molecular flexibility index (Phi) is 8.28. The Bertz CT molecular complexity index is 901. The number of carbonyl (C=O) groups excluding carboxylic acids is 1. The smallest absolute Gasteiger partial charge is 0.240 e. The fourth-order valence-corrected chi connectivity index (χ4v) is 3.78. The van der Waals surface area contributed by atoms with Crippen LogP contribution in [0, 0.1) is 0 Å². The molecule has 2 aromatic rings. The minimum Gasteiger partial charge on any atom is -0.497 e. The van der Waals surface area contributed by atoms with E-state index >= 15 is 0 Å². The molecule has 0 saturated carbocycles. The number of benzene rings is 2. The van der Waals surface area contributed by atoms with Crippen LogP contribution < -0.4 is 19.5 Å². The third kappa shape index (κ3) is 6.50. The first-order valence-electron chi connectivity index (χ1n) is 8.58. The molecule has 0 unspecified atom stereocenters. The maximum atomic E-state index is 12.2. The highest BCUT2D eigenvalue weighted by Crippen LogP contribution is 2.24. The van der Waals surface area contributed by atoms with Gasteiger partial charge in [0.1, 0.15) is 11.5 Å². The van der Waals surface area contributed by atoms with E-state index in [-0.39, 0.29) is 23.8 Å². The molecule has 1 amide bonds. The Morgan fingerprint density at radius 3 is 2.39 bits per heavy atom. The third-order valence-electron chi connectivity index (χ3n) is 3.98. The first-order valence-corrected chi connectivity index (χ1v) is 10.9. The average molecular weight is 471 g/mol. The average Bonchev–Trinajstić information content (AvgIpc) is 2.68. The molecule has 0 saturated heterocycles. The highest BCUT2D eigenvalue weighted by molar-refractivity contribution is 9.10.